The molecule has 0 radical (unpaired) electrons. The Kier molecular flexibility index (Phi) is 8.41. The van der Waals surface area contributed by atoms with Gasteiger partial charge >= 0.3 is 11.9 Å². The number of unbranched alkanes of at least 4 members (excludes halogenated alkanes) is 1. The van der Waals surface area contributed by atoms with Crippen LogP contribution in [0.4, 0.5) is 0 Å². The molecule has 6 heteroatoms. The van der Waals surface area contributed by atoms with E-state index in [0.717, 1.165) is 25.7 Å². The lowest BCUT2D eigenvalue weighted by Crippen LogP contribution is -3.00. The van der Waals surface area contributed by atoms with Gasteiger partial charge in [0.15, 0.2) is 0 Å². The molecule has 0 aromatic heterocycles. The second-order valence-electron chi connectivity index (χ2n) is 10.6. The van der Waals surface area contributed by atoms with Crippen molar-refractivity contribution < 1.29 is 36.0 Å². The third-order valence-corrected chi connectivity index (χ3v) is 8.68. The monoisotopic (exact) mass is 511 g/mol. The normalized spacial score (nSPS) is 24.2. The number of esters is 2. The highest BCUT2D eigenvalue weighted by atomic mass is 35.5. The lowest BCUT2D eigenvalue weighted by atomic mass is 9.85. The highest BCUT2D eigenvalue weighted by Gasteiger charge is 2.57. The summed E-state index contributed by atoms with van der Waals surface area (Å²) in [4.78, 5) is 27.2. The molecule has 3 aliphatic heterocycles. The number of hydrogen-bond acceptors (Lipinski definition) is 4. The molecule has 194 valence electrons. The Morgan fingerprint density at radius 2 is 1.42 bits per heavy atom. The van der Waals surface area contributed by atoms with Crippen LogP contribution in [0.3, 0.4) is 0 Å². The molecule has 0 amide bonds. The Bertz CT molecular complexity index is 966. The van der Waals surface area contributed by atoms with Crippen LogP contribution in [0.15, 0.2) is 60.7 Å². The lowest BCUT2D eigenvalue weighted by molar-refractivity contribution is -0.956. The van der Waals surface area contributed by atoms with Crippen LogP contribution in [0, 0.1) is 0 Å². The number of halogens is 1. The summed E-state index contributed by atoms with van der Waals surface area (Å²) in [5, 5.41) is 0. The van der Waals surface area contributed by atoms with Gasteiger partial charge in [-0.1, -0.05) is 74.0 Å². The molecule has 2 bridgehead atoms. The predicted molar refractivity (Wildman–Crippen MR) is 134 cm³/mol. The molecule has 0 saturated carbocycles. The fourth-order valence-corrected chi connectivity index (χ4v) is 6.99. The van der Waals surface area contributed by atoms with E-state index in [0.29, 0.717) is 23.2 Å². The van der Waals surface area contributed by atoms with Crippen LogP contribution in [0.2, 0.25) is 0 Å². The Balaban J connectivity index is 0.00000304. The van der Waals surface area contributed by atoms with Gasteiger partial charge in [0.2, 0.25) is 0 Å². The average Bonchev–Trinajstić information content (AvgIpc) is 3.43. The first kappa shape index (κ1) is 26.7. The van der Waals surface area contributed by atoms with Crippen molar-refractivity contribution in [2.75, 3.05) is 13.1 Å². The number of piperidine rings is 1. The van der Waals surface area contributed by atoms with E-state index in [-0.39, 0.29) is 30.9 Å². The van der Waals surface area contributed by atoms with E-state index in [4.69, 9.17) is 9.47 Å². The van der Waals surface area contributed by atoms with Crippen LogP contribution >= 0.6 is 0 Å². The molecule has 3 heterocycles. The summed E-state index contributed by atoms with van der Waals surface area (Å²) in [6.45, 7) is 4.60. The maximum absolute atomic E-state index is 14.2. The number of nitrogens with zero attached hydrogens (tertiary/aromatic N) is 1. The van der Waals surface area contributed by atoms with Gasteiger partial charge in [0.25, 0.3) is 5.60 Å². The van der Waals surface area contributed by atoms with Crippen molar-refractivity contribution in [3.8, 4) is 0 Å². The van der Waals surface area contributed by atoms with E-state index in [1.54, 1.807) is 0 Å². The topological polar surface area (TPSA) is 52.6 Å². The van der Waals surface area contributed by atoms with Crippen molar-refractivity contribution in [3.05, 3.63) is 71.8 Å². The van der Waals surface area contributed by atoms with Gasteiger partial charge in [-0.2, -0.15) is 0 Å². The van der Waals surface area contributed by atoms with Crippen LogP contribution in [-0.2, 0) is 24.7 Å². The smallest absolute Gasteiger partial charge is 0.360 e. The number of hydrogen-bond donors (Lipinski definition) is 0. The third kappa shape index (κ3) is 4.80. The molecule has 3 fully saturated rings. The van der Waals surface area contributed by atoms with Crippen LogP contribution < -0.4 is 12.4 Å². The van der Waals surface area contributed by atoms with E-state index in [2.05, 4.69) is 0 Å². The maximum atomic E-state index is 14.2. The van der Waals surface area contributed by atoms with Gasteiger partial charge in [0, 0.05) is 56.1 Å². The summed E-state index contributed by atoms with van der Waals surface area (Å²) in [7, 11) is 0. The Labute approximate surface area is 221 Å². The minimum atomic E-state index is -1.61. The van der Waals surface area contributed by atoms with Gasteiger partial charge in [0.05, 0.1) is 25.2 Å². The van der Waals surface area contributed by atoms with Crippen LogP contribution in [-0.4, -0.2) is 47.7 Å². The fourth-order valence-electron chi connectivity index (χ4n) is 6.99. The van der Waals surface area contributed by atoms with Crippen LogP contribution in [0.1, 0.15) is 75.8 Å². The van der Waals surface area contributed by atoms with Crippen molar-refractivity contribution in [1.82, 2.24) is 0 Å². The average molecular weight is 512 g/mol. The molecule has 2 atom stereocenters. The van der Waals surface area contributed by atoms with E-state index in [9.17, 15) is 9.59 Å². The molecule has 3 saturated heterocycles. The van der Waals surface area contributed by atoms with Gasteiger partial charge in [-0.3, -0.25) is 4.79 Å². The van der Waals surface area contributed by atoms with Gasteiger partial charge in [0.1, 0.15) is 6.10 Å². The van der Waals surface area contributed by atoms with Crippen molar-refractivity contribution >= 4 is 11.9 Å². The Morgan fingerprint density at radius 1 is 0.889 bits per heavy atom. The highest BCUT2D eigenvalue weighted by molar-refractivity contribution is 5.89. The molecule has 2 aromatic carbocycles. The van der Waals surface area contributed by atoms with Crippen LogP contribution in [0.5, 0.6) is 0 Å². The van der Waals surface area contributed by atoms with Gasteiger partial charge in [-0.15, -0.1) is 0 Å². The van der Waals surface area contributed by atoms with Gasteiger partial charge < -0.3 is 26.4 Å². The molecular formula is C30H38ClNO4. The number of carbonyl (C=O) groups is 2. The molecule has 0 aliphatic carbocycles. The first-order chi connectivity index (χ1) is 17.1. The summed E-state index contributed by atoms with van der Waals surface area (Å²) in [5.74, 6) is -0.846. The summed E-state index contributed by atoms with van der Waals surface area (Å²) in [5.41, 5.74) is -0.352. The summed E-state index contributed by atoms with van der Waals surface area (Å²) in [6.07, 6.45) is 8.65. The number of ether oxygens (including phenoxy) is 2. The zero-order chi connectivity index (χ0) is 24.3. The van der Waals surface area contributed by atoms with Gasteiger partial charge in [-0.05, 0) is 6.42 Å². The first-order valence-electron chi connectivity index (χ1n) is 13.5. The van der Waals surface area contributed by atoms with Crippen molar-refractivity contribution in [2.45, 2.75) is 88.5 Å². The molecular weight excluding hydrogens is 474 g/mol. The molecule has 1 spiro atoms. The van der Waals surface area contributed by atoms with E-state index in [1.165, 1.54) is 43.3 Å². The highest BCUT2D eigenvalue weighted by Crippen LogP contribution is 2.47. The quantitative estimate of drug-likeness (QED) is 0.404. The minimum absolute atomic E-state index is 0. The molecule has 36 heavy (non-hydrogen) atoms. The zero-order valence-electron chi connectivity index (χ0n) is 21.2. The van der Waals surface area contributed by atoms with Crippen molar-refractivity contribution in [1.29, 1.82) is 0 Å². The summed E-state index contributed by atoms with van der Waals surface area (Å²) < 4.78 is 13.7. The second-order valence-corrected chi connectivity index (χ2v) is 10.6. The third-order valence-electron chi connectivity index (χ3n) is 8.68. The molecule has 3 aliphatic rings. The van der Waals surface area contributed by atoms with Crippen molar-refractivity contribution in [3.63, 3.8) is 0 Å². The maximum Gasteiger partial charge on any atom is 0.360 e. The molecule has 0 N–H and O–H groups in total. The Hall–Kier alpha value is -2.37. The largest absolute Gasteiger partial charge is 1.00 e. The number of carbonyl (C=O) groups excluding carboxylic acids is 2. The van der Waals surface area contributed by atoms with Gasteiger partial charge in [-0.25, -0.2) is 4.79 Å². The minimum Gasteiger partial charge on any atom is -1.00 e. The summed E-state index contributed by atoms with van der Waals surface area (Å²) in [6, 6.07) is 19.9. The number of benzene rings is 2. The van der Waals surface area contributed by atoms with Crippen LogP contribution in [0.25, 0.3) is 0 Å². The lowest BCUT2D eigenvalue weighted by Gasteiger charge is -2.47. The second kappa shape index (κ2) is 11.4. The SMILES string of the molecule is CCCCC(=O)OC(C(=O)OC1CC2CCC(C1)[N+]21CCCC1)(c1ccccc1)c1ccccc1.[Cl-]. The molecule has 2 unspecified atom stereocenters. The molecule has 2 aromatic rings. The predicted octanol–water partition coefficient (Wildman–Crippen LogP) is 2.51. The summed E-state index contributed by atoms with van der Waals surface area (Å²) >= 11 is 0. The first-order valence-corrected chi connectivity index (χ1v) is 13.5. The van der Waals surface area contributed by atoms with Crippen molar-refractivity contribution in [2.24, 2.45) is 0 Å². The molecule has 5 nitrogen and oxygen atoms in total. The fraction of sp³-hybridized carbons (Fsp3) is 0.533. The Morgan fingerprint density at radius 3 is 1.92 bits per heavy atom. The zero-order valence-corrected chi connectivity index (χ0v) is 22.0. The standard InChI is InChI=1S/C30H38NO4.ClH/c1-2-3-16-28(32)35-30(23-12-6-4-7-13-23,24-14-8-5-9-15-24)29(33)34-27-21-25-17-18-26(22-27)31(25)19-10-11-20-31;/h4-9,12-15,25-27H,2-3,10-11,16-22H2,1H3;1H/q+1;/p-1. The van der Waals surface area contributed by atoms with E-state index in [1.807, 2.05) is 67.6 Å². The number of quaternary nitrogens is 1. The van der Waals surface area contributed by atoms with E-state index >= 15 is 0 Å². The van der Waals surface area contributed by atoms with E-state index < -0.39 is 11.6 Å². The molecule has 5 rings (SSSR count). The number of rotatable bonds is 8.